The molecule has 5 aliphatic rings. The number of hydrogen-bond donors (Lipinski definition) is 0. The first-order valence-electron chi connectivity index (χ1n) is 24.1. The first-order valence-corrected chi connectivity index (χ1v) is 24.1. The van der Waals surface area contributed by atoms with Gasteiger partial charge in [0.1, 0.15) is 47.0 Å². The van der Waals surface area contributed by atoms with Crippen LogP contribution in [0.3, 0.4) is 0 Å². The molecular weight excluding hydrogens is 933 g/mol. The van der Waals surface area contributed by atoms with Gasteiger partial charge in [0.15, 0.2) is 17.4 Å². The fourth-order valence-corrected chi connectivity index (χ4v) is 11.5. The number of methoxy groups -OCH3 is 2. The van der Waals surface area contributed by atoms with Crippen molar-refractivity contribution in [2.24, 2.45) is 0 Å². The first-order chi connectivity index (χ1) is 33.8. The quantitative estimate of drug-likeness (QED) is 0.117. The third-order valence-electron chi connectivity index (χ3n) is 14.6. The number of fused-ring (bicyclic) bond motifs is 6. The average molecular weight is 990 g/mol. The van der Waals surface area contributed by atoms with Gasteiger partial charge in [-0.3, -0.25) is 9.80 Å². The number of alkyl halides is 4. The zero-order chi connectivity index (χ0) is 50.1. The van der Waals surface area contributed by atoms with Crippen LogP contribution < -0.4 is 28.7 Å². The molecule has 1 amide bonds. The summed E-state index contributed by atoms with van der Waals surface area (Å²) in [5.74, 6) is -2.13. The normalized spacial score (nSPS) is 22.9. The Morgan fingerprint density at radius 1 is 0.887 bits per heavy atom. The summed E-state index contributed by atoms with van der Waals surface area (Å²) in [7, 11) is 3.07. The second-order valence-electron chi connectivity index (χ2n) is 20.4. The summed E-state index contributed by atoms with van der Waals surface area (Å²) < 4.78 is 127. The number of anilines is 2. The smallest absolute Gasteiger partial charge is 0.418 e. The number of carbonyl (C=O) groups is 1. The molecule has 4 saturated heterocycles. The van der Waals surface area contributed by atoms with Crippen LogP contribution in [0.25, 0.3) is 22.2 Å². The number of hydrogen-bond acceptors (Lipinski definition) is 12. The zero-order valence-corrected chi connectivity index (χ0v) is 40.5. The predicted molar refractivity (Wildman–Crippen MR) is 253 cm³/mol. The fourth-order valence-electron chi connectivity index (χ4n) is 11.5. The molecule has 4 fully saturated rings. The van der Waals surface area contributed by atoms with E-state index in [0.29, 0.717) is 37.3 Å². The molecule has 10 rings (SSSR count). The molecule has 2 aromatic heterocycles. The number of rotatable bonds is 11. The van der Waals surface area contributed by atoms with E-state index in [4.69, 9.17) is 28.7 Å². The van der Waals surface area contributed by atoms with Crippen molar-refractivity contribution in [3.63, 3.8) is 0 Å². The average Bonchev–Trinajstić information content (AvgIpc) is 3.96. The van der Waals surface area contributed by atoms with Crippen LogP contribution >= 0.6 is 0 Å². The molecule has 0 saturated carbocycles. The minimum Gasteiger partial charge on any atom is -0.497 e. The molecule has 5 atom stereocenters. The minimum atomic E-state index is -5.13. The van der Waals surface area contributed by atoms with E-state index in [9.17, 15) is 9.18 Å². The summed E-state index contributed by atoms with van der Waals surface area (Å²) in [5.41, 5.74) is -4.22. The second-order valence-corrected chi connectivity index (χ2v) is 20.4. The van der Waals surface area contributed by atoms with Crippen LogP contribution in [0.4, 0.5) is 42.8 Å². The van der Waals surface area contributed by atoms with E-state index in [1.54, 1.807) is 54.8 Å². The number of nitrogens with zero attached hydrogens (tertiary/aromatic N) is 7. The molecule has 0 N–H and O–H groups in total. The highest BCUT2D eigenvalue weighted by atomic mass is 19.4. The van der Waals surface area contributed by atoms with Crippen molar-refractivity contribution in [2.45, 2.75) is 121 Å². The zero-order valence-electron chi connectivity index (χ0n) is 40.5. The maximum atomic E-state index is 18.1. The number of carbonyl (C=O) groups excluding carboxylic acids is 1. The van der Waals surface area contributed by atoms with Gasteiger partial charge in [-0.1, -0.05) is 24.3 Å². The van der Waals surface area contributed by atoms with Gasteiger partial charge in [-0.05, 0) is 107 Å². The minimum absolute atomic E-state index is 0.0105. The van der Waals surface area contributed by atoms with Crippen LogP contribution in [0.5, 0.6) is 23.3 Å². The summed E-state index contributed by atoms with van der Waals surface area (Å²) in [5, 5.41) is -0.196. The van der Waals surface area contributed by atoms with Gasteiger partial charge in [-0.15, -0.1) is 0 Å². The van der Waals surface area contributed by atoms with Gasteiger partial charge >= 0.3 is 18.3 Å². The molecule has 378 valence electrons. The number of pyridine rings is 1. The maximum Gasteiger partial charge on any atom is 0.418 e. The summed E-state index contributed by atoms with van der Waals surface area (Å²) in [4.78, 5) is 35.1. The Kier molecular flexibility index (Phi) is 12.6. The topological polar surface area (TPSA) is 115 Å². The van der Waals surface area contributed by atoms with Gasteiger partial charge in [0.2, 0.25) is 0 Å². The van der Waals surface area contributed by atoms with Crippen molar-refractivity contribution in [1.82, 2.24) is 24.8 Å². The highest BCUT2D eigenvalue weighted by molar-refractivity contribution is 5.99. The van der Waals surface area contributed by atoms with Crippen molar-refractivity contribution in [2.75, 3.05) is 56.9 Å². The molecule has 7 heterocycles. The molecule has 71 heavy (non-hydrogen) atoms. The summed E-state index contributed by atoms with van der Waals surface area (Å²) in [6.07, 6.45) is -3.57. The van der Waals surface area contributed by atoms with Gasteiger partial charge < -0.3 is 33.5 Å². The Balaban J connectivity index is 1.14. The van der Waals surface area contributed by atoms with Crippen molar-refractivity contribution >= 4 is 28.6 Å². The van der Waals surface area contributed by atoms with E-state index >= 15 is 22.0 Å². The summed E-state index contributed by atoms with van der Waals surface area (Å²) >= 11 is 0. The molecule has 5 aliphatic heterocycles. The number of benzene rings is 3. The lowest BCUT2D eigenvalue weighted by molar-refractivity contribution is -0.137. The number of aromatic nitrogens is 3. The summed E-state index contributed by atoms with van der Waals surface area (Å²) in [6, 6.07) is 14.0. The highest BCUT2D eigenvalue weighted by Gasteiger charge is 2.52. The third kappa shape index (κ3) is 9.07. The van der Waals surface area contributed by atoms with Gasteiger partial charge in [-0.25, -0.2) is 22.9 Å². The van der Waals surface area contributed by atoms with E-state index in [0.717, 1.165) is 17.5 Å². The van der Waals surface area contributed by atoms with Crippen molar-refractivity contribution < 1.29 is 54.8 Å². The molecule has 0 aliphatic carbocycles. The molecule has 3 aromatic carbocycles. The van der Waals surface area contributed by atoms with Crippen LogP contribution in [-0.4, -0.2) is 113 Å². The Morgan fingerprint density at radius 3 is 2.20 bits per heavy atom. The lowest BCUT2D eigenvalue weighted by atomic mass is 9.95. The molecule has 2 unspecified atom stereocenters. The highest BCUT2D eigenvalue weighted by Crippen LogP contribution is 2.50. The Hall–Kier alpha value is -6.24. The van der Waals surface area contributed by atoms with Crippen LogP contribution in [0.1, 0.15) is 81.5 Å². The van der Waals surface area contributed by atoms with Crippen molar-refractivity contribution in [3.05, 3.63) is 88.5 Å². The monoisotopic (exact) mass is 989 g/mol. The van der Waals surface area contributed by atoms with Gasteiger partial charge in [0.05, 0.1) is 66.7 Å². The second kappa shape index (κ2) is 18.4. The molecule has 5 aromatic rings. The van der Waals surface area contributed by atoms with Gasteiger partial charge in [0.25, 0.3) is 0 Å². The molecule has 19 heteroatoms. The van der Waals surface area contributed by atoms with Crippen LogP contribution in [0, 0.1) is 18.6 Å². The van der Waals surface area contributed by atoms with Gasteiger partial charge in [-0.2, -0.15) is 23.1 Å². The Bertz CT molecular complexity index is 2780. The van der Waals surface area contributed by atoms with E-state index < -0.39 is 81.4 Å². The van der Waals surface area contributed by atoms with E-state index in [1.807, 2.05) is 34.1 Å². The Morgan fingerprint density at radius 2 is 1.56 bits per heavy atom. The largest absolute Gasteiger partial charge is 0.497 e. The molecular formula is C52H57F6N7O6. The van der Waals surface area contributed by atoms with Gasteiger partial charge in [0, 0.05) is 39.0 Å². The first kappa shape index (κ1) is 48.4. The lowest BCUT2D eigenvalue weighted by Crippen LogP contribution is -2.62. The van der Waals surface area contributed by atoms with Crippen molar-refractivity contribution in [1.29, 1.82) is 0 Å². The number of aryl methyl sites for hydroxylation is 1. The van der Waals surface area contributed by atoms with E-state index in [1.165, 1.54) is 27.2 Å². The number of piperazine rings is 1. The lowest BCUT2D eigenvalue weighted by Gasteiger charge is -2.48. The number of ether oxygens (including phenoxy) is 5. The molecule has 0 spiro atoms. The molecule has 13 nitrogen and oxygen atoms in total. The van der Waals surface area contributed by atoms with Crippen LogP contribution in [0.15, 0.2) is 54.6 Å². The van der Waals surface area contributed by atoms with E-state index in [-0.39, 0.29) is 86.9 Å². The van der Waals surface area contributed by atoms with Crippen LogP contribution in [-0.2, 0) is 24.0 Å². The summed E-state index contributed by atoms with van der Waals surface area (Å²) in [6.45, 7) is 7.76. The molecule has 2 bridgehead atoms. The predicted octanol–water partition coefficient (Wildman–Crippen LogP) is 10.2. The third-order valence-corrected chi connectivity index (χ3v) is 14.6. The van der Waals surface area contributed by atoms with Crippen LogP contribution in [0.2, 0.25) is 0 Å². The maximum absolute atomic E-state index is 18.1. The fraction of sp³-hybridized carbons (Fsp3) is 0.500. The SMILES string of the molecule is COc1ccc(CN(Cc2ccc(OC)cc2)c2cc(C)c(C(F)(F)F)c(-c3c(F)c4c5c(nc(OC[C@@]67CCCN6C[C@H](F)C7)nc5c3F)N3C[C@@H]5CCC(C3CCO4)N5C(=O)OC(C)(C)C)n2)cc1. The number of amides is 1. The Labute approximate surface area is 408 Å². The van der Waals surface area contributed by atoms with E-state index in [2.05, 4.69) is 9.97 Å². The number of halogens is 6. The standard InChI is InChI=1S/C52H57F6N7O6/c1-29-22-38(62(24-30-8-13-34(67-5)14-9-30)25-31-10-15-35(68-6)16-11-31)59-44(41(29)52(56,57)58)39-42(54)45-40-46(43(39)55)69-21-18-36-37-17-12-33(65(37)49(66)71-50(2,3)4)27-64(36)47(40)61-48(60-45)70-28-51-19-7-20-63(51)26-32(53)23-51/h8-11,13-16,22,32-33,36-37H,7,12,17-21,23-28H2,1-6H3/t32-,33+,36?,37?,51+/m1/s1. The molecule has 0 radical (unpaired) electrons. The van der Waals surface area contributed by atoms with Crippen molar-refractivity contribution in [3.8, 4) is 34.5 Å².